The van der Waals surface area contributed by atoms with Gasteiger partial charge in [-0.05, 0) is 126 Å². The third-order valence-corrected chi connectivity index (χ3v) is 13.4. The minimum absolute atomic E-state index is 0.474. The summed E-state index contributed by atoms with van der Waals surface area (Å²) < 4.78 is 14.1. The Balaban J connectivity index is 0.919. The summed E-state index contributed by atoms with van der Waals surface area (Å²) in [6.07, 6.45) is 0. The molecule has 0 bridgehead atoms. The third-order valence-electron chi connectivity index (χ3n) is 13.4. The van der Waals surface area contributed by atoms with Gasteiger partial charge in [-0.2, -0.15) is 0 Å². The van der Waals surface area contributed by atoms with Crippen molar-refractivity contribution in [3.63, 3.8) is 0 Å². The van der Waals surface area contributed by atoms with E-state index < -0.39 is 5.41 Å². The highest BCUT2D eigenvalue weighted by atomic mass is 16.6. The van der Waals surface area contributed by atoms with Crippen LogP contribution in [0.1, 0.15) is 22.3 Å². The Morgan fingerprint density at radius 2 is 0.688 bits per heavy atom. The molecule has 10 aromatic rings. The zero-order valence-corrected chi connectivity index (χ0v) is 34.8. The molecule has 0 saturated carbocycles. The molecule has 1 spiro atoms. The molecule has 300 valence electrons. The van der Waals surface area contributed by atoms with Crippen molar-refractivity contribution in [3.8, 4) is 78.6 Å². The van der Waals surface area contributed by atoms with E-state index in [4.69, 9.17) is 9.47 Å². The normalized spacial score (nSPS) is 13.1. The van der Waals surface area contributed by atoms with Crippen LogP contribution in [0.5, 0.6) is 23.0 Å². The van der Waals surface area contributed by atoms with Crippen LogP contribution in [0.25, 0.3) is 55.6 Å². The SMILES string of the molecule is c1ccc(-c2ccc(-c3ccc(N(c4ccc(-c5ccccc5)cc4)c4cccc5c4Oc4cc6c(cc4O5)C4(c5ccccc5-c5ccccc54)c4ccccc4-6)cc3)cc2)cc1. The molecule has 0 amide bonds. The number of rotatable bonds is 6. The van der Waals surface area contributed by atoms with E-state index in [0.717, 1.165) is 39.3 Å². The minimum atomic E-state index is -0.474. The van der Waals surface area contributed by atoms with Gasteiger partial charge in [-0.15, -0.1) is 0 Å². The zero-order chi connectivity index (χ0) is 42.2. The average molecular weight is 818 g/mol. The first-order valence-corrected chi connectivity index (χ1v) is 21.9. The largest absolute Gasteiger partial charge is 0.449 e. The maximum atomic E-state index is 7.13. The standard InChI is InChI=1S/C61H39NO2/c1-3-14-40(15-4-1)42-26-28-43(29-27-42)45-32-36-47(37-33-45)62(46-34-30-44(31-35-46)41-16-5-2-6-17-41)56-24-13-25-57-60(56)64-58-38-51-50-20-9-12-23-54(50)61(55(51)39-59(58)63-57)52-21-10-7-18-48(52)49-19-8-11-22-53(49)61/h1-39H. The van der Waals surface area contributed by atoms with E-state index in [2.05, 4.69) is 235 Å². The van der Waals surface area contributed by atoms with Crippen molar-refractivity contribution in [2.45, 2.75) is 5.41 Å². The quantitative estimate of drug-likeness (QED) is 0.167. The Kier molecular flexibility index (Phi) is 8.13. The van der Waals surface area contributed by atoms with Gasteiger partial charge in [0, 0.05) is 11.4 Å². The molecular formula is C61H39NO2. The predicted octanol–water partition coefficient (Wildman–Crippen LogP) is 16.4. The maximum absolute atomic E-state index is 7.13. The van der Waals surface area contributed by atoms with Crippen molar-refractivity contribution >= 4 is 17.1 Å². The smallest absolute Gasteiger partial charge is 0.194 e. The number of benzene rings is 10. The molecule has 2 aliphatic carbocycles. The van der Waals surface area contributed by atoms with Crippen molar-refractivity contribution in [2.75, 3.05) is 4.90 Å². The van der Waals surface area contributed by atoms with Crippen LogP contribution >= 0.6 is 0 Å². The van der Waals surface area contributed by atoms with Crippen LogP contribution in [0, 0.1) is 0 Å². The van der Waals surface area contributed by atoms with Gasteiger partial charge in [-0.3, -0.25) is 0 Å². The predicted molar refractivity (Wildman–Crippen MR) is 260 cm³/mol. The molecule has 3 heteroatoms. The molecule has 3 nitrogen and oxygen atoms in total. The molecule has 1 aliphatic heterocycles. The topological polar surface area (TPSA) is 21.7 Å². The monoisotopic (exact) mass is 817 g/mol. The van der Waals surface area contributed by atoms with Crippen LogP contribution < -0.4 is 14.4 Å². The third kappa shape index (κ3) is 5.47. The van der Waals surface area contributed by atoms with Crippen LogP contribution in [-0.2, 0) is 5.41 Å². The van der Waals surface area contributed by atoms with Gasteiger partial charge in [0.25, 0.3) is 0 Å². The van der Waals surface area contributed by atoms with Gasteiger partial charge in [-0.1, -0.05) is 188 Å². The van der Waals surface area contributed by atoms with Gasteiger partial charge in [0.2, 0.25) is 0 Å². The molecule has 0 aromatic heterocycles. The number of nitrogens with zero attached hydrogens (tertiary/aromatic N) is 1. The molecule has 0 atom stereocenters. The number of para-hydroxylation sites is 1. The van der Waals surface area contributed by atoms with E-state index >= 15 is 0 Å². The molecule has 0 fully saturated rings. The Labute approximate surface area is 372 Å². The van der Waals surface area contributed by atoms with Crippen LogP contribution in [0.15, 0.2) is 237 Å². The Morgan fingerprint density at radius 3 is 1.19 bits per heavy atom. The molecule has 64 heavy (non-hydrogen) atoms. The Bertz CT molecular complexity index is 3370. The highest BCUT2D eigenvalue weighted by molar-refractivity contribution is 5.96. The minimum Gasteiger partial charge on any atom is -0.449 e. The Morgan fingerprint density at radius 1 is 0.281 bits per heavy atom. The lowest BCUT2D eigenvalue weighted by molar-refractivity contribution is 0.360. The molecule has 0 radical (unpaired) electrons. The highest BCUT2D eigenvalue weighted by Gasteiger charge is 2.52. The zero-order valence-electron chi connectivity index (χ0n) is 34.8. The second-order valence-electron chi connectivity index (χ2n) is 16.8. The summed E-state index contributed by atoms with van der Waals surface area (Å²) in [5.41, 5.74) is 19.5. The summed E-state index contributed by atoms with van der Waals surface area (Å²) in [4.78, 5) is 2.27. The molecule has 1 heterocycles. The first-order chi connectivity index (χ1) is 31.7. The van der Waals surface area contributed by atoms with Crippen LogP contribution in [0.3, 0.4) is 0 Å². The molecule has 3 aliphatic rings. The van der Waals surface area contributed by atoms with Crippen LogP contribution in [0.4, 0.5) is 17.1 Å². The van der Waals surface area contributed by atoms with Gasteiger partial charge in [0.1, 0.15) is 0 Å². The molecule has 0 N–H and O–H groups in total. The molecular weight excluding hydrogens is 779 g/mol. The van der Waals surface area contributed by atoms with Crippen molar-refractivity contribution < 1.29 is 9.47 Å². The molecule has 13 rings (SSSR count). The molecule has 0 unspecified atom stereocenters. The van der Waals surface area contributed by atoms with Crippen LogP contribution in [0.2, 0.25) is 0 Å². The number of ether oxygens (including phenoxy) is 2. The summed E-state index contributed by atoms with van der Waals surface area (Å²) in [6.45, 7) is 0. The van der Waals surface area contributed by atoms with Crippen molar-refractivity contribution in [1.29, 1.82) is 0 Å². The van der Waals surface area contributed by atoms with Crippen molar-refractivity contribution in [3.05, 3.63) is 259 Å². The Hall–Kier alpha value is -8.40. The van der Waals surface area contributed by atoms with E-state index in [1.807, 2.05) is 6.07 Å². The van der Waals surface area contributed by atoms with E-state index in [0.29, 0.717) is 23.0 Å². The number of fused-ring (bicyclic) bond motifs is 12. The fraction of sp³-hybridized carbons (Fsp3) is 0.0164. The summed E-state index contributed by atoms with van der Waals surface area (Å²) >= 11 is 0. The van der Waals surface area contributed by atoms with Crippen LogP contribution in [-0.4, -0.2) is 0 Å². The lowest BCUT2D eigenvalue weighted by Gasteiger charge is -2.32. The summed E-state index contributed by atoms with van der Waals surface area (Å²) in [7, 11) is 0. The first kappa shape index (κ1) is 36.3. The fourth-order valence-electron chi connectivity index (χ4n) is 10.5. The van der Waals surface area contributed by atoms with Crippen molar-refractivity contribution in [2.24, 2.45) is 0 Å². The van der Waals surface area contributed by atoms with E-state index in [-0.39, 0.29) is 0 Å². The first-order valence-electron chi connectivity index (χ1n) is 21.9. The van der Waals surface area contributed by atoms with Gasteiger partial charge in [0.05, 0.1) is 11.1 Å². The van der Waals surface area contributed by atoms with Gasteiger partial charge in [-0.25, -0.2) is 0 Å². The lowest BCUT2D eigenvalue weighted by Crippen LogP contribution is -2.25. The number of anilines is 3. The van der Waals surface area contributed by atoms with E-state index in [9.17, 15) is 0 Å². The summed E-state index contributed by atoms with van der Waals surface area (Å²) in [5, 5.41) is 0. The maximum Gasteiger partial charge on any atom is 0.194 e. The molecule has 10 aromatic carbocycles. The number of hydrogen-bond acceptors (Lipinski definition) is 3. The average Bonchev–Trinajstić information content (AvgIpc) is 3.83. The van der Waals surface area contributed by atoms with Gasteiger partial charge >= 0.3 is 0 Å². The summed E-state index contributed by atoms with van der Waals surface area (Å²) in [5.74, 6) is 2.74. The van der Waals surface area contributed by atoms with E-state index in [1.54, 1.807) is 0 Å². The van der Waals surface area contributed by atoms with Gasteiger partial charge < -0.3 is 14.4 Å². The van der Waals surface area contributed by atoms with E-state index in [1.165, 1.54) is 55.6 Å². The van der Waals surface area contributed by atoms with Crippen molar-refractivity contribution in [1.82, 2.24) is 0 Å². The second kappa shape index (κ2) is 14.3. The second-order valence-corrected chi connectivity index (χ2v) is 16.8. The molecule has 0 saturated heterocycles. The lowest BCUT2D eigenvalue weighted by atomic mass is 9.70. The summed E-state index contributed by atoms with van der Waals surface area (Å²) in [6, 6.07) is 84.7. The highest BCUT2D eigenvalue weighted by Crippen LogP contribution is 2.65. The fourth-order valence-corrected chi connectivity index (χ4v) is 10.5. The number of hydrogen-bond donors (Lipinski definition) is 0. The van der Waals surface area contributed by atoms with Gasteiger partial charge in [0.15, 0.2) is 23.0 Å².